The lowest BCUT2D eigenvalue weighted by molar-refractivity contribution is -0.000500. The van der Waals surface area contributed by atoms with Crippen LogP contribution in [0.2, 0.25) is 0 Å². The van der Waals surface area contributed by atoms with Crippen molar-refractivity contribution in [2.75, 3.05) is 0 Å². The van der Waals surface area contributed by atoms with Crippen LogP contribution in [-0.4, -0.2) is 18.8 Å². The number of hydrogen-bond donors (Lipinski definition) is 1. The Balaban J connectivity index is 1.98. The topological polar surface area (TPSA) is 20.2 Å². The molecule has 1 nitrogen and oxygen atoms in total. The molecule has 2 heteroatoms. The minimum Gasteiger partial charge on any atom is -0.386 e. The Morgan fingerprint density at radius 2 is 1.23 bits per heavy atom. The Labute approximate surface area is 213 Å². The maximum atomic E-state index is 12.8. The van der Waals surface area contributed by atoms with Crippen LogP contribution in [0.5, 0.6) is 0 Å². The van der Waals surface area contributed by atoms with Gasteiger partial charge < -0.3 is 5.11 Å². The van der Waals surface area contributed by atoms with Gasteiger partial charge in [-0.1, -0.05) is 128 Å². The van der Waals surface area contributed by atoms with Crippen LogP contribution in [0.25, 0.3) is 0 Å². The summed E-state index contributed by atoms with van der Waals surface area (Å²) in [6.45, 7) is 9.18. The molecule has 1 saturated carbocycles. The van der Waals surface area contributed by atoms with E-state index in [1.165, 1.54) is 40.4 Å². The zero-order valence-electron chi connectivity index (χ0n) is 21.4. The molecule has 0 saturated heterocycles. The summed E-state index contributed by atoms with van der Waals surface area (Å²) in [5, 5.41) is 17.8. The van der Waals surface area contributed by atoms with E-state index < -0.39 is 13.7 Å². The molecule has 1 unspecified atom stereocenters. The van der Waals surface area contributed by atoms with Gasteiger partial charge in [0, 0.05) is 0 Å². The average molecular weight is 481 g/mol. The van der Waals surface area contributed by atoms with E-state index in [0.29, 0.717) is 0 Å². The van der Waals surface area contributed by atoms with Crippen molar-refractivity contribution in [2.45, 2.75) is 64.4 Å². The number of hydrogen-bond acceptors (Lipinski definition) is 1. The van der Waals surface area contributed by atoms with Crippen LogP contribution >= 0.6 is 0 Å². The molecule has 0 bridgehead atoms. The average Bonchev–Trinajstić information content (AvgIpc) is 2.91. The molecule has 4 rings (SSSR count). The SMILES string of the molecule is C=C(C(O)(CCC=C(C)C)C1CCCCC1)[Si](c1ccccc1)(c1ccccc1)c1ccccc1. The van der Waals surface area contributed by atoms with Gasteiger partial charge in [-0.2, -0.15) is 0 Å². The van der Waals surface area contributed by atoms with E-state index in [4.69, 9.17) is 6.58 Å². The smallest absolute Gasteiger partial charge is 0.177 e. The van der Waals surface area contributed by atoms with Gasteiger partial charge in [-0.3, -0.25) is 0 Å². The Morgan fingerprint density at radius 3 is 1.63 bits per heavy atom. The van der Waals surface area contributed by atoms with Crippen molar-refractivity contribution in [3.05, 3.63) is 114 Å². The minimum atomic E-state index is -2.79. The lowest BCUT2D eigenvalue weighted by atomic mass is 9.74. The molecule has 3 aromatic carbocycles. The number of benzene rings is 3. The van der Waals surface area contributed by atoms with Gasteiger partial charge in [-0.05, 0) is 66.2 Å². The van der Waals surface area contributed by atoms with Crippen LogP contribution in [0.15, 0.2) is 114 Å². The fourth-order valence-electron chi connectivity index (χ4n) is 6.17. The van der Waals surface area contributed by atoms with E-state index in [-0.39, 0.29) is 5.92 Å². The second kappa shape index (κ2) is 11.4. The molecule has 1 aliphatic carbocycles. The van der Waals surface area contributed by atoms with Gasteiger partial charge in [0.1, 0.15) is 0 Å². The first kappa shape index (κ1) is 25.4. The normalized spacial score (nSPS) is 16.3. The Morgan fingerprint density at radius 1 is 0.800 bits per heavy atom. The molecule has 182 valence electrons. The summed E-state index contributed by atoms with van der Waals surface area (Å²) in [5.41, 5.74) is 0.388. The molecule has 0 amide bonds. The van der Waals surface area contributed by atoms with Crippen molar-refractivity contribution >= 4 is 23.6 Å². The first-order valence-corrected chi connectivity index (χ1v) is 15.2. The van der Waals surface area contributed by atoms with E-state index in [9.17, 15) is 5.11 Å². The first-order valence-electron chi connectivity index (χ1n) is 13.2. The molecular formula is C33H40OSi. The van der Waals surface area contributed by atoms with E-state index in [1.54, 1.807) is 0 Å². The Kier molecular flexibility index (Phi) is 8.25. The zero-order chi connectivity index (χ0) is 24.7. The molecule has 0 radical (unpaired) electrons. The molecule has 1 atom stereocenters. The largest absolute Gasteiger partial charge is 0.386 e. The Hall–Kier alpha value is -2.68. The zero-order valence-corrected chi connectivity index (χ0v) is 22.4. The predicted molar refractivity (Wildman–Crippen MR) is 153 cm³/mol. The number of allylic oxidation sites excluding steroid dienone is 2. The third-order valence-corrected chi connectivity index (χ3v) is 12.9. The maximum Gasteiger partial charge on any atom is 0.177 e. The summed E-state index contributed by atoms with van der Waals surface area (Å²) < 4.78 is 0. The minimum absolute atomic E-state index is 0.248. The molecular weight excluding hydrogens is 440 g/mol. The van der Waals surface area contributed by atoms with E-state index in [1.807, 2.05) is 0 Å². The van der Waals surface area contributed by atoms with Gasteiger partial charge in [0.05, 0.1) is 5.60 Å². The lowest BCUT2D eigenvalue weighted by Crippen LogP contribution is -2.72. The third-order valence-electron chi connectivity index (χ3n) is 7.95. The van der Waals surface area contributed by atoms with Gasteiger partial charge in [0.15, 0.2) is 8.07 Å². The van der Waals surface area contributed by atoms with Crippen LogP contribution in [0.3, 0.4) is 0 Å². The summed E-state index contributed by atoms with van der Waals surface area (Å²) in [6.07, 6.45) is 9.68. The highest BCUT2D eigenvalue weighted by atomic mass is 28.3. The van der Waals surface area contributed by atoms with Gasteiger partial charge in [-0.15, -0.1) is 0 Å². The van der Waals surface area contributed by atoms with Crippen LogP contribution < -0.4 is 15.6 Å². The lowest BCUT2D eigenvalue weighted by Gasteiger charge is -2.48. The molecule has 0 aromatic heterocycles. The van der Waals surface area contributed by atoms with Crippen LogP contribution in [0.4, 0.5) is 0 Å². The molecule has 0 spiro atoms. The van der Waals surface area contributed by atoms with Crippen molar-refractivity contribution in [3.8, 4) is 0 Å². The molecule has 1 aliphatic rings. The molecule has 0 heterocycles. The summed E-state index contributed by atoms with van der Waals surface area (Å²) in [4.78, 5) is 0. The molecule has 1 fully saturated rings. The number of rotatable bonds is 9. The third kappa shape index (κ3) is 5.15. The van der Waals surface area contributed by atoms with Gasteiger partial charge in [0.2, 0.25) is 0 Å². The second-order valence-electron chi connectivity index (χ2n) is 10.4. The monoisotopic (exact) mass is 480 g/mol. The number of aliphatic hydroxyl groups is 1. The van der Waals surface area contributed by atoms with Crippen LogP contribution in [-0.2, 0) is 0 Å². The molecule has 0 aliphatic heterocycles. The van der Waals surface area contributed by atoms with Gasteiger partial charge in [0.25, 0.3) is 0 Å². The summed E-state index contributed by atoms with van der Waals surface area (Å²) >= 11 is 0. The summed E-state index contributed by atoms with van der Waals surface area (Å²) in [6, 6.07) is 32.6. The quantitative estimate of drug-likeness (QED) is 0.216. The van der Waals surface area contributed by atoms with Gasteiger partial charge in [-0.25, -0.2) is 0 Å². The first-order chi connectivity index (χ1) is 17.0. The fourth-order valence-corrected chi connectivity index (χ4v) is 11.3. The highest BCUT2D eigenvalue weighted by molar-refractivity contribution is 7.16. The molecule has 1 N–H and O–H groups in total. The summed E-state index contributed by atoms with van der Waals surface area (Å²) in [5.74, 6) is 0.248. The standard InChI is InChI=1S/C33H40OSi/c1-27(2)17-16-26-33(34,29-18-8-4-9-19-29)28(3)35(30-20-10-5-11-21-30,31-22-12-6-13-23-31)32-24-14-7-15-25-32/h5-7,10-15,17,20-25,29,34H,3-4,8-9,16,18-19,26H2,1-2H3. The van der Waals surface area contributed by atoms with E-state index in [0.717, 1.165) is 30.9 Å². The maximum absolute atomic E-state index is 12.8. The van der Waals surface area contributed by atoms with Crippen molar-refractivity contribution in [3.63, 3.8) is 0 Å². The highest BCUT2D eigenvalue weighted by Gasteiger charge is 2.52. The van der Waals surface area contributed by atoms with Crippen LogP contribution in [0.1, 0.15) is 58.8 Å². The molecule has 35 heavy (non-hydrogen) atoms. The van der Waals surface area contributed by atoms with Crippen LogP contribution in [0, 0.1) is 5.92 Å². The van der Waals surface area contributed by atoms with Gasteiger partial charge >= 0.3 is 0 Å². The predicted octanol–water partition coefficient (Wildman–Crippen LogP) is 6.31. The van der Waals surface area contributed by atoms with Crippen molar-refractivity contribution in [2.24, 2.45) is 5.92 Å². The van der Waals surface area contributed by atoms with E-state index >= 15 is 0 Å². The molecule has 3 aromatic rings. The van der Waals surface area contributed by atoms with E-state index in [2.05, 4.69) is 111 Å². The second-order valence-corrected chi connectivity index (χ2v) is 14.2. The Bertz CT molecular complexity index is 1010. The van der Waals surface area contributed by atoms with Crippen molar-refractivity contribution in [1.29, 1.82) is 0 Å². The summed E-state index contributed by atoms with van der Waals surface area (Å²) in [7, 11) is -2.79. The highest BCUT2D eigenvalue weighted by Crippen LogP contribution is 2.42. The van der Waals surface area contributed by atoms with Crippen molar-refractivity contribution in [1.82, 2.24) is 0 Å². The fraction of sp³-hybridized carbons (Fsp3) is 0.333. The van der Waals surface area contributed by atoms with Crippen molar-refractivity contribution < 1.29 is 5.11 Å².